The maximum atomic E-state index is 11.0. The summed E-state index contributed by atoms with van der Waals surface area (Å²) in [5.41, 5.74) is 5.95. The van der Waals surface area contributed by atoms with Crippen LogP contribution in [0.1, 0.15) is 17.2 Å². The van der Waals surface area contributed by atoms with Gasteiger partial charge in [0.2, 0.25) is 0 Å². The molecule has 6 rings (SSSR count). The third-order valence-electron chi connectivity index (χ3n) is 7.33. The Balaban J connectivity index is 1.11. The van der Waals surface area contributed by atoms with E-state index in [9.17, 15) is 5.11 Å². The molecule has 1 atom stereocenters. The van der Waals surface area contributed by atoms with Crippen LogP contribution < -0.4 is 0 Å². The van der Waals surface area contributed by atoms with Crippen molar-refractivity contribution in [3.05, 3.63) is 115 Å². The Bertz CT molecular complexity index is 1410. The summed E-state index contributed by atoms with van der Waals surface area (Å²) in [5, 5.41) is 11.0. The van der Waals surface area contributed by atoms with Crippen LogP contribution in [0.5, 0.6) is 0 Å². The number of benzene rings is 3. The molecule has 7 heteroatoms. The van der Waals surface area contributed by atoms with E-state index in [-0.39, 0.29) is 6.04 Å². The van der Waals surface area contributed by atoms with Crippen LogP contribution in [0.15, 0.2) is 104 Å². The van der Waals surface area contributed by atoms with Gasteiger partial charge in [0.25, 0.3) is 0 Å². The average Bonchev–Trinajstić information content (AvgIpc) is 3.38. The molecule has 1 fully saturated rings. The van der Waals surface area contributed by atoms with Crippen LogP contribution in [0, 0.1) is 0 Å². The molecule has 0 unspecified atom stereocenters. The highest BCUT2D eigenvalue weighted by atomic mass is 16.3. The van der Waals surface area contributed by atoms with Crippen LogP contribution in [-0.2, 0) is 6.54 Å². The van der Waals surface area contributed by atoms with E-state index in [1.807, 2.05) is 34.9 Å². The predicted molar refractivity (Wildman–Crippen MR) is 150 cm³/mol. The Hall–Kier alpha value is -3.91. The number of aliphatic hydroxyl groups is 1. The van der Waals surface area contributed by atoms with Crippen molar-refractivity contribution in [1.82, 2.24) is 29.3 Å². The van der Waals surface area contributed by atoms with Crippen molar-refractivity contribution in [2.75, 3.05) is 32.7 Å². The highest BCUT2D eigenvalue weighted by Crippen LogP contribution is 2.29. The number of rotatable bonds is 8. The largest absolute Gasteiger partial charge is 0.390 e. The van der Waals surface area contributed by atoms with Gasteiger partial charge in [0.1, 0.15) is 17.5 Å². The monoisotopic (exact) mass is 504 g/mol. The summed E-state index contributed by atoms with van der Waals surface area (Å²) in [4.78, 5) is 18.4. The normalized spacial score (nSPS) is 15.7. The second kappa shape index (κ2) is 11.2. The van der Waals surface area contributed by atoms with E-state index in [0.29, 0.717) is 13.1 Å². The van der Waals surface area contributed by atoms with Gasteiger partial charge in [-0.05, 0) is 11.1 Å². The van der Waals surface area contributed by atoms with Gasteiger partial charge in [0.05, 0.1) is 25.0 Å². The number of hydrogen-bond acceptors (Lipinski definition) is 6. The third-order valence-corrected chi connectivity index (χ3v) is 7.33. The smallest absolute Gasteiger partial charge is 0.163 e. The molecule has 7 nitrogen and oxygen atoms in total. The summed E-state index contributed by atoms with van der Waals surface area (Å²) in [6.45, 7) is 4.78. The molecule has 0 amide bonds. The molecule has 0 radical (unpaired) electrons. The Labute approximate surface area is 223 Å². The molecule has 2 aromatic heterocycles. The zero-order valence-corrected chi connectivity index (χ0v) is 21.3. The molecule has 5 aromatic rings. The summed E-state index contributed by atoms with van der Waals surface area (Å²) in [7, 11) is 0. The second-order valence-corrected chi connectivity index (χ2v) is 9.87. The van der Waals surface area contributed by atoms with Gasteiger partial charge in [-0.3, -0.25) is 9.80 Å². The van der Waals surface area contributed by atoms with Crippen molar-refractivity contribution in [3.63, 3.8) is 0 Å². The van der Waals surface area contributed by atoms with Gasteiger partial charge in [0.15, 0.2) is 5.65 Å². The molecule has 1 saturated heterocycles. The summed E-state index contributed by atoms with van der Waals surface area (Å²) in [6.07, 6.45) is 2.81. The van der Waals surface area contributed by atoms with Crippen LogP contribution >= 0.6 is 0 Å². The third kappa shape index (κ3) is 5.22. The van der Waals surface area contributed by atoms with Gasteiger partial charge in [0, 0.05) is 38.3 Å². The van der Waals surface area contributed by atoms with E-state index in [1.165, 1.54) is 11.1 Å². The lowest BCUT2D eigenvalue weighted by Crippen LogP contribution is -2.50. The van der Waals surface area contributed by atoms with Crippen LogP contribution in [0.2, 0.25) is 0 Å². The fourth-order valence-electron chi connectivity index (χ4n) is 5.49. The summed E-state index contributed by atoms with van der Waals surface area (Å²) < 4.78 is 1.94. The first-order valence-corrected chi connectivity index (χ1v) is 13.2. The molecule has 0 spiro atoms. The number of β-amino-alcohol motifs (C(OH)–C–C–N with tert-alkyl or cyclic N) is 1. The number of imidazole rings is 1. The zero-order chi connectivity index (χ0) is 25.7. The first kappa shape index (κ1) is 24.4. The van der Waals surface area contributed by atoms with Crippen LogP contribution in [0.4, 0.5) is 0 Å². The van der Waals surface area contributed by atoms with E-state index in [2.05, 4.69) is 85.4 Å². The summed E-state index contributed by atoms with van der Waals surface area (Å²) >= 11 is 0. The quantitative estimate of drug-likeness (QED) is 0.341. The number of aromatic nitrogens is 4. The van der Waals surface area contributed by atoms with Gasteiger partial charge in [-0.15, -0.1) is 0 Å². The van der Waals surface area contributed by atoms with Gasteiger partial charge in [-0.2, -0.15) is 0 Å². The summed E-state index contributed by atoms with van der Waals surface area (Å²) in [5.74, 6) is 0. The van der Waals surface area contributed by atoms with E-state index in [0.717, 1.165) is 48.6 Å². The van der Waals surface area contributed by atoms with Gasteiger partial charge >= 0.3 is 0 Å². The van der Waals surface area contributed by atoms with Crippen molar-refractivity contribution in [3.8, 4) is 11.3 Å². The number of hydrogen-bond donors (Lipinski definition) is 1. The fraction of sp³-hybridized carbons (Fsp3) is 0.258. The SMILES string of the molecule is O[C@@H](CN1CCN(C(c2ccccc2)c2ccccc2)CC1)Cn1cnc2c(-c3ccccc3)ncnc21. The second-order valence-electron chi connectivity index (χ2n) is 9.87. The molecule has 192 valence electrons. The molecule has 3 heterocycles. The maximum Gasteiger partial charge on any atom is 0.163 e. The van der Waals surface area contributed by atoms with E-state index in [4.69, 9.17) is 0 Å². The van der Waals surface area contributed by atoms with E-state index in [1.54, 1.807) is 12.7 Å². The molecule has 1 aliphatic rings. The lowest BCUT2D eigenvalue weighted by atomic mass is 9.96. The first-order chi connectivity index (χ1) is 18.8. The van der Waals surface area contributed by atoms with E-state index >= 15 is 0 Å². The standard InChI is InChI=1S/C31H32N6O/c38-27(21-37-23-34-29-28(32-22-33-31(29)37)24-10-4-1-5-11-24)20-35-16-18-36(19-17-35)30(25-12-6-2-7-13-25)26-14-8-3-9-15-26/h1-15,22-23,27,30,38H,16-21H2/t27-/m0/s1. The molecule has 3 aromatic carbocycles. The fourth-order valence-corrected chi connectivity index (χ4v) is 5.49. The van der Waals surface area contributed by atoms with Crippen LogP contribution in [0.25, 0.3) is 22.4 Å². The predicted octanol–water partition coefficient (Wildman–Crippen LogP) is 4.26. The molecule has 1 N–H and O–H groups in total. The minimum atomic E-state index is -0.520. The minimum absolute atomic E-state index is 0.236. The molecule has 1 aliphatic heterocycles. The highest BCUT2D eigenvalue weighted by Gasteiger charge is 2.27. The maximum absolute atomic E-state index is 11.0. The van der Waals surface area contributed by atoms with Crippen molar-refractivity contribution in [2.24, 2.45) is 0 Å². The number of piperazine rings is 1. The van der Waals surface area contributed by atoms with Crippen molar-refractivity contribution < 1.29 is 5.11 Å². The topological polar surface area (TPSA) is 70.3 Å². The molecular weight excluding hydrogens is 472 g/mol. The van der Waals surface area contributed by atoms with Crippen molar-refractivity contribution in [1.29, 1.82) is 0 Å². The molecule has 0 saturated carbocycles. The Kier molecular flexibility index (Phi) is 7.22. The number of fused-ring (bicyclic) bond motifs is 1. The summed E-state index contributed by atoms with van der Waals surface area (Å²) in [6, 6.07) is 31.7. The Morgan fingerprint density at radius 1 is 0.684 bits per heavy atom. The van der Waals surface area contributed by atoms with Gasteiger partial charge < -0.3 is 9.67 Å². The van der Waals surface area contributed by atoms with Crippen LogP contribution in [0.3, 0.4) is 0 Å². The average molecular weight is 505 g/mol. The Morgan fingerprint density at radius 3 is 1.92 bits per heavy atom. The van der Waals surface area contributed by atoms with Crippen molar-refractivity contribution >= 4 is 11.2 Å². The minimum Gasteiger partial charge on any atom is -0.390 e. The zero-order valence-electron chi connectivity index (χ0n) is 21.3. The molecule has 38 heavy (non-hydrogen) atoms. The highest BCUT2D eigenvalue weighted by molar-refractivity contribution is 5.86. The van der Waals surface area contributed by atoms with E-state index < -0.39 is 6.10 Å². The van der Waals surface area contributed by atoms with Crippen LogP contribution in [-0.4, -0.2) is 73.3 Å². The Morgan fingerprint density at radius 2 is 1.29 bits per heavy atom. The molecule has 0 aliphatic carbocycles. The molecule has 0 bridgehead atoms. The molecular formula is C31H32N6O. The number of nitrogens with zero attached hydrogens (tertiary/aromatic N) is 6. The van der Waals surface area contributed by atoms with Gasteiger partial charge in [-0.25, -0.2) is 15.0 Å². The lowest BCUT2D eigenvalue weighted by Gasteiger charge is -2.40. The first-order valence-electron chi connectivity index (χ1n) is 13.2. The number of aliphatic hydroxyl groups excluding tert-OH is 1. The van der Waals surface area contributed by atoms with Crippen molar-refractivity contribution in [2.45, 2.75) is 18.7 Å². The van der Waals surface area contributed by atoms with Gasteiger partial charge in [-0.1, -0.05) is 91.0 Å². The lowest BCUT2D eigenvalue weighted by molar-refractivity contribution is 0.0560.